The van der Waals surface area contributed by atoms with E-state index in [0.717, 1.165) is 5.56 Å². The van der Waals surface area contributed by atoms with Crippen LogP contribution in [0, 0.1) is 12.8 Å². The first-order valence-corrected chi connectivity index (χ1v) is 7.12. The molecule has 0 heterocycles. The molecule has 0 aliphatic heterocycles. The molecule has 1 rings (SSSR count). The second kappa shape index (κ2) is 7.11. The molecule has 0 aliphatic carbocycles. The van der Waals surface area contributed by atoms with Crippen LogP contribution in [0.3, 0.4) is 0 Å². The number of urea groups is 1. The highest BCUT2D eigenvalue weighted by atomic mass is 16.2. The molecule has 1 aromatic rings. The predicted molar refractivity (Wildman–Crippen MR) is 85.7 cm³/mol. The lowest BCUT2D eigenvalue weighted by Crippen LogP contribution is -2.39. The minimum atomic E-state index is -0.256. The topological polar surface area (TPSA) is 61.4 Å². The summed E-state index contributed by atoms with van der Waals surface area (Å²) in [6.07, 6.45) is 0. The molecule has 0 saturated carbocycles. The first kappa shape index (κ1) is 17.0. The summed E-state index contributed by atoms with van der Waals surface area (Å²) in [5.74, 6) is 0.271. The molecule has 0 saturated heterocycles. The van der Waals surface area contributed by atoms with Crippen molar-refractivity contribution in [3.63, 3.8) is 0 Å². The highest BCUT2D eigenvalue weighted by Crippen LogP contribution is 2.18. The van der Waals surface area contributed by atoms with Crippen LogP contribution in [0.2, 0.25) is 0 Å². The summed E-state index contributed by atoms with van der Waals surface area (Å²) in [7, 11) is 3.40. The van der Waals surface area contributed by atoms with Gasteiger partial charge in [-0.3, -0.25) is 4.79 Å². The van der Waals surface area contributed by atoms with E-state index in [4.69, 9.17) is 0 Å². The normalized spacial score (nSPS) is 12.0. The minimum Gasteiger partial charge on any atom is -0.345 e. The molecule has 5 heteroatoms. The minimum absolute atomic E-state index is 0.0805. The SMILES string of the molecule is Cc1ccc(C(=O)N(C)C)cc1NC(=O)N[C@@H](C)C(C)C. The second-order valence-electron chi connectivity index (χ2n) is 5.86. The molecule has 21 heavy (non-hydrogen) atoms. The maximum absolute atomic E-state index is 12.0. The number of carbonyl (C=O) groups is 2. The fourth-order valence-electron chi connectivity index (χ4n) is 1.68. The Kier molecular flexibility index (Phi) is 5.76. The maximum Gasteiger partial charge on any atom is 0.319 e. The van der Waals surface area contributed by atoms with Crippen LogP contribution in [0.15, 0.2) is 18.2 Å². The van der Waals surface area contributed by atoms with E-state index in [2.05, 4.69) is 10.6 Å². The summed E-state index contributed by atoms with van der Waals surface area (Å²) in [5, 5.41) is 5.69. The van der Waals surface area contributed by atoms with Crippen LogP contribution in [0.4, 0.5) is 10.5 Å². The van der Waals surface area contributed by atoms with Crippen molar-refractivity contribution < 1.29 is 9.59 Å². The summed E-state index contributed by atoms with van der Waals surface area (Å²) in [6, 6.07) is 5.12. The van der Waals surface area contributed by atoms with Gasteiger partial charge in [0.1, 0.15) is 0 Å². The molecule has 1 atom stereocenters. The van der Waals surface area contributed by atoms with Gasteiger partial charge in [0, 0.05) is 31.4 Å². The Labute approximate surface area is 126 Å². The maximum atomic E-state index is 12.0. The summed E-state index contributed by atoms with van der Waals surface area (Å²) in [4.78, 5) is 25.4. The van der Waals surface area contributed by atoms with Gasteiger partial charge in [-0.05, 0) is 37.5 Å². The number of hydrogen-bond acceptors (Lipinski definition) is 2. The van der Waals surface area contributed by atoms with E-state index in [9.17, 15) is 9.59 Å². The standard InChI is InChI=1S/C16H25N3O2/c1-10(2)12(4)17-16(21)18-14-9-13(8-7-11(14)3)15(20)19(5)6/h7-10,12H,1-6H3,(H2,17,18,21)/t12-/m0/s1. The molecular weight excluding hydrogens is 266 g/mol. The van der Waals surface area contributed by atoms with Crippen molar-refractivity contribution in [1.29, 1.82) is 0 Å². The molecule has 0 aromatic heterocycles. The summed E-state index contributed by atoms with van der Waals surface area (Å²) < 4.78 is 0. The number of hydrogen-bond donors (Lipinski definition) is 2. The molecule has 1 aromatic carbocycles. The summed E-state index contributed by atoms with van der Waals surface area (Å²) in [6.45, 7) is 7.95. The van der Waals surface area contributed by atoms with Gasteiger partial charge >= 0.3 is 6.03 Å². The molecule has 5 nitrogen and oxygen atoms in total. The number of anilines is 1. The average Bonchev–Trinajstić information content (AvgIpc) is 2.40. The zero-order valence-electron chi connectivity index (χ0n) is 13.7. The van der Waals surface area contributed by atoms with Crippen LogP contribution in [-0.2, 0) is 0 Å². The number of aryl methyl sites for hydroxylation is 1. The third kappa shape index (κ3) is 4.77. The molecule has 0 aliphatic rings. The van der Waals surface area contributed by atoms with Crippen molar-refractivity contribution in [3.05, 3.63) is 29.3 Å². The van der Waals surface area contributed by atoms with Crippen LogP contribution >= 0.6 is 0 Å². The third-order valence-corrected chi connectivity index (χ3v) is 3.50. The molecule has 0 radical (unpaired) electrons. The van der Waals surface area contributed by atoms with Crippen LogP contribution in [0.25, 0.3) is 0 Å². The van der Waals surface area contributed by atoms with Crippen molar-refractivity contribution in [2.45, 2.75) is 33.7 Å². The van der Waals surface area contributed by atoms with Gasteiger partial charge in [-0.15, -0.1) is 0 Å². The fourth-order valence-corrected chi connectivity index (χ4v) is 1.68. The fraction of sp³-hybridized carbons (Fsp3) is 0.500. The van der Waals surface area contributed by atoms with E-state index in [1.54, 1.807) is 26.2 Å². The van der Waals surface area contributed by atoms with Crippen molar-refractivity contribution in [1.82, 2.24) is 10.2 Å². The molecule has 0 spiro atoms. The van der Waals surface area contributed by atoms with Gasteiger partial charge < -0.3 is 15.5 Å². The summed E-state index contributed by atoms with van der Waals surface area (Å²) >= 11 is 0. The number of rotatable bonds is 4. The number of benzene rings is 1. The van der Waals surface area contributed by atoms with Gasteiger partial charge in [0.25, 0.3) is 5.91 Å². The van der Waals surface area contributed by atoms with Crippen LogP contribution in [0.1, 0.15) is 36.7 Å². The predicted octanol–water partition coefficient (Wildman–Crippen LogP) is 2.86. The monoisotopic (exact) mass is 291 g/mol. The lowest BCUT2D eigenvalue weighted by molar-refractivity contribution is 0.0827. The number of carbonyl (C=O) groups excluding carboxylic acids is 2. The highest BCUT2D eigenvalue weighted by Gasteiger charge is 2.14. The average molecular weight is 291 g/mol. The van der Waals surface area contributed by atoms with E-state index in [-0.39, 0.29) is 18.0 Å². The Bertz CT molecular complexity index is 524. The molecule has 0 fully saturated rings. The van der Waals surface area contributed by atoms with Gasteiger partial charge in [-0.2, -0.15) is 0 Å². The van der Waals surface area contributed by atoms with E-state index >= 15 is 0 Å². The van der Waals surface area contributed by atoms with Crippen molar-refractivity contribution in [2.24, 2.45) is 5.92 Å². The Hall–Kier alpha value is -2.04. The number of amides is 3. The Morgan fingerprint density at radius 2 is 1.76 bits per heavy atom. The zero-order valence-corrected chi connectivity index (χ0v) is 13.7. The van der Waals surface area contributed by atoms with Crippen molar-refractivity contribution >= 4 is 17.6 Å². The third-order valence-electron chi connectivity index (χ3n) is 3.50. The van der Waals surface area contributed by atoms with Gasteiger partial charge in [0.05, 0.1) is 0 Å². The molecule has 2 N–H and O–H groups in total. The smallest absolute Gasteiger partial charge is 0.319 e. The van der Waals surface area contributed by atoms with Gasteiger partial charge in [0.15, 0.2) is 0 Å². The molecule has 116 valence electrons. The van der Waals surface area contributed by atoms with Gasteiger partial charge in [-0.1, -0.05) is 19.9 Å². The van der Waals surface area contributed by atoms with Crippen LogP contribution in [-0.4, -0.2) is 37.0 Å². The largest absolute Gasteiger partial charge is 0.345 e. The van der Waals surface area contributed by atoms with E-state index < -0.39 is 0 Å². The lowest BCUT2D eigenvalue weighted by Gasteiger charge is -2.19. The van der Waals surface area contributed by atoms with Gasteiger partial charge in [-0.25, -0.2) is 4.79 Å². The van der Waals surface area contributed by atoms with Crippen LogP contribution in [0.5, 0.6) is 0 Å². The van der Waals surface area contributed by atoms with Gasteiger partial charge in [0.2, 0.25) is 0 Å². The molecular formula is C16H25N3O2. The van der Waals surface area contributed by atoms with E-state index in [1.165, 1.54) is 4.90 Å². The van der Waals surface area contributed by atoms with Crippen molar-refractivity contribution in [3.8, 4) is 0 Å². The molecule has 3 amide bonds. The van der Waals surface area contributed by atoms with Crippen LogP contribution < -0.4 is 10.6 Å². The highest BCUT2D eigenvalue weighted by molar-refractivity contribution is 5.97. The van der Waals surface area contributed by atoms with E-state index in [1.807, 2.05) is 33.8 Å². The second-order valence-corrected chi connectivity index (χ2v) is 5.86. The summed E-state index contributed by atoms with van der Waals surface area (Å²) in [5.41, 5.74) is 2.12. The quantitative estimate of drug-likeness (QED) is 0.896. The lowest BCUT2D eigenvalue weighted by atomic mass is 10.1. The zero-order chi connectivity index (χ0) is 16.2. The number of nitrogens with one attached hydrogen (secondary N) is 2. The molecule has 0 unspecified atom stereocenters. The molecule has 0 bridgehead atoms. The Morgan fingerprint density at radius 3 is 2.29 bits per heavy atom. The number of nitrogens with zero attached hydrogens (tertiary/aromatic N) is 1. The first-order chi connectivity index (χ1) is 9.72. The Balaban J connectivity index is 2.85. The Morgan fingerprint density at radius 1 is 1.14 bits per heavy atom. The van der Waals surface area contributed by atoms with Crippen molar-refractivity contribution in [2.75, 3.05) is 19.4 Å². The first-order valence-electron chi connectivity index (χ1n) is 7.12. The van der Waals surface area contributed by atoms with E-state index in [0.29, 0.717) is 17.2 Å².